The first-order valence-corrected chi connectivity index (χ1v) is 9.26. The van der Waals surface area contributed by atoms with Crippen LogP contribution in [0.1, 0.15) is 30.1 Å². The molecule has 0 aromatic heterocycles. The molecule has 25 heavy (non-hydrogen) atoms. The number of nitrogens with zero attached hydrogens (tertiary/aromatic N) is 1. The number of sulfonamides is 1. The second-order valence-corrected chi connectivity index (χ2v) is 7.42. The second kappa shape index (κ2) is 7.85. The number of ether oxygens (including phenoxy) is 1. The van der Waals surface area contributed by atoms with Crippen LogP contribution in [-0.4, -0.2) is 57.0 Å². The van der Waals surface area contributed by atoms with Gasteiger partial charge in [0.05, 0.1) is 22.2 Å². The standard InChI is InChI=1S/C13H12N2O5S.C3H8O/c16-7-8-2-1-5-15(8)21(19,20)9-3-4-11-10(6-9)12(17)13(18)14-11;1-3-4-2/h3-4,6-8H,1-2,5H2,(H,14,17,18);3H2,1-2H3. The summed E-state index contributed by atoms with van der Waals surface area (Å²) in [5.74, 6) is -1.53. The van der Waals surface area contributed by atoms with Crippen LogP contribution in [0, 0.1) is 0 Å². The SMILES string of the molecule is CCOC.O=CC1CCCN1S(=O)(=O)c1ccc2c(c1)C(=O)C(=O)N2. The third kappa shape index (κ3) is 3.78. The highest BCUT2D eigenvalue weighted by Gasteiger charge is 2.36. The molecule has 0 radical (unpaired) electrons. The van der Waals surface area contributed by atoms with Crippen molar-refractivity contribution in [3.8, 4) is 0 Å². The minimum atomic E-state index is -3.85. The van der Waals surface area contributed by atoms with Crippen LogP contribution in [0.2, 0.25) is 0 Å². The average molecular weight is 368 g/mol. The summed E-state index contributed by atoms with van der Waals surface area (Å²) in [7, 11) is -2.17. The number of amides is 1. The summed E-state index contributed by atoms with van der Waals surface area (Å²) in [6, 6.07) is 3.23. The van der Waals surface area contributed by atoms with Gasteiger partial charge in [-0.05, 0) is 38.0 Å². The van der Waals surface area contributed by atoms with Crippen molar-refractivity contribution in [1.29, 1.82) is 0 Å². The first kappa shape index (κ1) is 19.2. The Labute approximate surface area is 146 Å². The summed E-state index contributed by atoms with van der Waals surface area (Å²) in [5.41, 5.74) is 0.347. The zero-order valence-electron chi connectivity index (χ0n) is 14.0. The van der Waals surface area contributed by atoms with E-state index in [0.29, 0.717) is 24.8 Å². The highest BCUT2D eigenvalue weighted by molar-refractivity contribution is 7.89. The summed E-state index contributed by atoms with van der Waals surface area (Å²) in [6.07, 6.45) is 1.73. The Hall–Kier alpha value is -2.10. The Kier molecular flexibility index (Phi) is 6.04. The van der Waals surface area contributed by atoms with Gasteiger partial charge in [0.1, 0.15) is 6.29 Å². The highest BCUT2D eigenvalue weighted by Crippen LogP contribution is 2.30. The normalized spacial score (nSPS) is 19.8. The molecule has 1 aromatic carbocycles. The Morgan fingerprint density at radius 3 is 2.64 bits per heavy atom. The molecule has 1 fully saturated rings. The van der Waals surface area contributed by atoms with E-state index in [1.807, 2.05) is 6.92 Å². The van der Waals surface area contributed by atoms with Gasteiger partial charge in [0, 0.05) is 20.3 Å². The van der Waals surface area contributed by atoms with Crippen molar-refractivity contribution in [3.63, 3.8) is 0 Å². The molecule has 3 rings (SSSR count). The van der Waals surface area contributed by atoms with Crippen LogP contribution in [-0.2, 0) is 24.3 Å². The lowest BCUT2D eigenvalue weighted by atomic mass is 10.1. The van der Waals surface area contributed by atoms with Gasteiger partial charge in [-0.25, -0.2) is 8.42 Å². The monoisotopic (exact) mass is 368 g/mol. The molecular formula is C16H20N2O6S. The molecule has 1 N–H and O–H groups in total. The van der Waals surface area contributed by atoms with Gasteiger partial charge in [-0.1, -0.05) is 0 Å². The van der Waals surface area contributed by atoms with E-state index in [-0.39, 0.29) is 17.0 Å². The number of hydrogen-bond donors (Lipinski definition) is 1. The quantitative estimate of drug-likeness (QED) is 0.622. The number of hydrogen-bond acceptors (Lipinski definition) is 6. The van der Waals surface area contributed by atoms with Crippen LogP contribution in [0.15, 0.2) is 23.1 Å². The molecule has 0 saturated carbocycles. The fourth-order valence-electron chi connectivity index (χ4n) is 2.62. The molecule has 1 unspecified atom stereocenters. The molecule has 1 saturated heterocycles. The number of carbonyl (C=O) groups excluding carboxylic acids is 3. The number of aldehydes is 1. The Balaban J connectivity index is 0.000000511. The second-order valence-electron chi connectivity index (χ2n) is 5.53. The van der Waals surface area contributed by atoms with Crippen LogP contribution in [0.5, 0.6) is 0 Å². The van der Waals surface area contributed by atoms with Gasteiger partial charge in [-0.2, -0.15) is 4.31 Å². The zero-order valence-corrected chi connectivity index (χ0v) is 14.8. The summed E-state index contributed by atoms with van der Waals surface area (Å²) in [6.45, 7) is 3.05. The zero-order chi connectivity index (χ0) is 18.6. The number of nitrogens with one attached hydrogen (secondary N) is 1. The summed E-state index contributed by atoms with van der Waals surface area (Å²) < 4.78 is 30.8. The molecule has 8 nitrogen and oxygen atoms in total. The number of anilines is 1. The number of Topliss-reactive ketones (excluding diaryl/α,β-unsaturated/α-hetero) is 1. The lowest BCUT2D eigenvalue weighted by molar-refractivity contribution is -0.112. The van der Waals surface area contributed by atoms with Crippen molar-refractivity contribution in [3.05, 3.63) is 23.8 Å². The summed E-state index contributed by atoms with van der Waals surface area (Å²) >= 11 is 0. The van der Waals surface area contributed by atoms with E-state index in [1.165, 1.54) is 18.2 Å². The molecule has 1 aromatic rings. The van der Waals surface area contributed by atoms with E-state index in [9.17, 15) is 22.8 Å². The van der Waals surface area contributed by atoms with Crippen molar-refractivity contribution in [2.45, 2.75) is 30.7 Å². The van der Waals surface area contributed by atoms with E-state index in [2.05, 4.69) is 10.1 Å². The average Bonchev–Trinajstić information content (AvgIpc) is 3.20. The van der Waals surface area contributed by atoms with Gasteiger partial charge in [-0.15, -0.1) is 0 Å². The number of ketones is 1. The third-order valence-corrected chi connectivity index (χ3v) is 5.91. The number of carbonyl (C=O) groups is 3. The van der Waals surface area contributed by atoms with Gasteiger partial charge in [-0.3, -0.25) is 9.59 Å². The predicted molar refractivity (Wildman–Crippen MR) is 89.9 cm³/mol. The molecule has 0 aliphatic carbocycles. The number of rotatable bonds is 4. The molecule has 136 valence electrons. The van der Waals surface area contributed by atoms with E-state index >= 15 is 0 Å². The van der Waals surface area contributed by atoms with Crippen LogP contribution in [0.3, 0.4) is 0 Å². The predicted octanol–water partition coefficient (Wildman–Crippen LogP) is 0.826. The van der Waals surface area contributed by atoms with Crippen LogP contribution in [0.25, 0.3) is 0 Å². The largest absolute Gasteiger partial charge is 0.385 e. The van der Waals surface area contributed by atoms with E-state index in [0.717, 1.165) is 10.9 Å². The number of methoxy groups -OCH3 is 1. The van der Waals surface area contributed by atoms with Crippen LogP contribution < -0.4 is 5.32 Å². The van der Waals surface area contributed by atoms with Crippen molar-refractivity contribution in [2.24, 2.45) is 0 Å². The smallest absolute Gasteiger partial charge is 0.296 e. The Morgan fingerprint density at radius 2 is 2.04 bits per heavy atom. The molecular weight excluding hydrogens is 348 g/mol. The first-order chi connectivity index (χ1) is 11.9. The fraction of sp³-hybridized carbons (Fsp3) is 0.438. The van der Waals surface area contributed by atoms with Gasteiger partial charge < -0.3 is 14.8 Å². The van der Waals surface area contributed by atoms with Gasteiger partial charge in [0.25, 0.3) is 11.7 Å². The van der Waals surface area contributed by atoms with E-state index in [1.54, 1.807) is 7.11 Å². The maximum atomic E-state index is 12.5. The molecule has 1 atom stereocenters. The van der Waals surface area contributed by atoms with Crippen molar-refractivity contribution in [1.82, 2.24) is 4.31 Å². The highest BCUT2D eigenvalue weighted by atomic mass is 32.2. The Morgan fingerprint density at radius 1 is 1.36 bits per heavy atom. The van der Waals surface area contributed by atoms with Gasteiger partial charge in [0.2, 0.25) is 10.0 Å². The Bertz CT molecular complexity index is 788. The van der Waals surface area contributed by atoms with Crippen molar-refractivity contribution < 1.29 is 27.5 Å². The lowest BCUT2D eigenvalue weighted by Crippen LogP contribution is -2.36. The fourth-order valence-corrected chi connectivity index (χ4v) is 4.28. The summed E-state index contributed by atoms with van der Waals surface area (Å²) in [4.78, 5) is 33.8. The van der Waals surface area contributed by atoms with Crippen molar-refractivity contribution >= 4 is 33.7 Å². The molecule has 9 heteroatoms. The van der Waals surface area contributed by atoms with Crippen LogP contribution in [0.4, 0.5) is 5.69 Å². The topological polar surface area (TPSA) is 110 Å². The van der Waals surface area contributed by atoms with Crippen LogP contribution >= 0.6 is 0 Å². The van der Waals surface area contributed by atoms with E-state index in [4.69, 9.17) is 0 Å². The lowest BCUT2D eigenvalue weighted by Gasteiger charge is -2.20. The van der Waals surface area contributed by atoms with E-state index < -0.39 is 27.8 Å². The van der Waals surface area contributed by atoms with Gasteiger partial charge >= 0.3 is 0 Å². The minimum Gasteiger partial charge on any atom is -0.385 e. The number of benzene rings is 1. The third-order valence-electron chi connectivity index (χ3n) is 3.99. The molecule has 0 spiro atoms. The molecule has 2 heterocycles. The van der Waals surface area contributed by atoms with Gasteiger partial charge in [0.15, 0.2) is 0 Å². The molecule has 2 aliphatic heterocycles. The number of fused-ring (bicyclic) bond motifs is 1. The molecule has 1 amide bonds. The molecule has 2 aliphatic rings. The minimum absolute atomic E-state index is 0.0444. The molecule has 0 bridgehead atoms. The maximum absolute atomic E-state index is 12.5. The summed E-state index contributed by atoms with van der Waals surface area (Å²) in [5, 5.41) is 2.36. The maximum Gasteiger partial charge on any atom is 0.296 e. The van der Waals surface area contributed by atoms with Crippen molar-refractivity contribution in [2.75, 3.05) is 25.6 Å². The first-order valence-electron chi connectivity index (χ1n) is 7.82.